The molecule has 7 heteroatoms. The molecule has 30 heavy (non-hydrogen) atoms. The molecule has 0 amide bonds. The SMILES string of the molecule is CN(C)Cc1ccc([C@@H]2NC3CCCc4c3c(n[nH]c4=O)[C@H]2c2nccn2C)cc1. The van der Waals surface area contributed by atoms with Crippen LogP contribution in [-0.4, -0.2) is 38.7 Å². The number of hydrogen-bond donors (Lipinski definition) is 2. The topological polar surface area (TPSA) is 78.8 Å². The lowest BCUT2D eigenvalue weighted by Crippen LogP contribution is -2.42. The Hall–Kier alpha value is -2.77. The Labute approximate surface area is 176 Å². The predicted octanol–water partition coefficient (Wildman–Crippen LogP) is 2.42. The second-order valence-corrected chi connectivity index (χ2v) is 8.77. The van der Waals surface area contributed by atoms with Crippen molar-refractivity contribution in [2.75, 3.05) is 14.1 Å². The van der Waals surface area contributed by atoms with Gasteiger partial charge in [0.1, 0.15) is 5.82 Å². The van der Waals surface area contributed by atoms with E-state index in [0.717, 1.165) is 48.5 Å². The van der Waals surface area contributed by atoms with Gasteiger partial charge in [0, 0.05) is 49.2 Å². The van der Waals surface area contributed by atoms with Gasteiger partial charge in [-0.3, -0.25) is 4.79 Å². The van der Waals surface area contributed by atoms with E-state index < -0.39 is 0 Å². The van der Waals surface area contributed by atoms with Gasteiger partial charge in [-0.1, -0.05) is 24.3 Å². The fraction of sp³-hybridized carbons (Fsp3) is 0.435. The fourth-order valence-electron chi connectivity index (χ4n) is 5.09. The van der Waals surface area contributed by atoms with Crippen molar-refractivity contribution < 1.29 is 0 Å². The van der Waals surface area contributed by atoms with Crippen molar-refractivity contribution in [1.82, 2.24) is 30.0 Å². The molecule has 0 fully saturated rings. The number of nitrogens with one attached hydrogen (secondary N) is 2. The molecule has 1 unspecified atom stereocenters. The first-order chi connectivity index (χ1) is 14.5. The van der Waals surface area contributed by atoms with Gasteiger partial charge in [0.15, 0.2) is 0 Å². The van der Waals surface area contributed by atoms with Crippen LogP contribution in [0.25, 0.3) is 0 Å². The summed E-state index contributed by atoms with van der Waals surface area (Å²) in [6.45, 7) is 0.915. The second-order valence-electron chi connectivity index (χ2n) is 8.77. The highest BCUT2D eigenvalue weighted by molar-refractivity contribution is 5.44. The van der Waals surface area contributed by atoms with Crippen molar-refractivity contribution in [3.8, 4) is 0 Å². The summed E-state index contributed by atoms with van der Waals surface area (Å²) >= 11 is 0. The monoisotopic (exact) mass is 404 g/mol. The number of nitrogens with zero attached hydrogens (tertiary/aromatic N) is 4. The maximum atomic E-state index is 12.5. The van der Waals surface area contributed by atoms with Crippen LogP contribution in [-0.2, 0) is 20.0 Å². The van der Waals surface area contributed by atoms with E-state index in [-0.39, 0.29) is 23.6 Å². The van der Waals surface area contributed by atoms with Gasteiger partial charge in [0.2, 0.25) is 0 Å². The third-order valence-electron chi connectivity index (χ3n) is 6.40. The molecule has 2 N–H and O–H groups in total. The fourth-order valence-corrected chi connectivity index (χ4v) is 5.09. The smallest absolute Gasteiger partial charge is 0.267 e. The third-order valence-corrected chi connectivity index (χ3v) is 6.40. The van der Waals surface area contributed by atoms with Gasteiger partial charge in [-0.25, -0.2) is 10.1 Å². The van der Waals surface area contributed by atoms with Gasteiger partial charge >= 0.3 is 0 Å². The zero-order valence-corrected chi connectivity index (χ0v) is 17.7. The molecule has 0 saturated heterocycles. The van der Waals surface area contributed by atoms with Crippen molar-refractivity contribution in [2.24, 2.45) is 7.05 Å². The first kappa shape index (κ1) is 19.2. The van der Waals surface area contributed by atoms with Gasteiger partial charge in [0.05, 0.1) is 11.6 Å². The summed E-state index contributed by atoms with van der Waals surface area (Å²) in [6, 6.07) is 9.03. The van der Waals surface area contributed by atoms with Gasteiger partial charge in [-0.15, -0.1) is 0 Å². The average molecular weight is 405 g/mol. The Morgan fingerprint density at radius 2 is 2.03 bits per heavy atom. The number of H-pyrrole nitrogens is 1. The Morgan fingerprint density at radius 3 is 2.73 bits per heavy atom. The molecule has 1 aliphatic carbocycles. The van der Waals surface area contributed by atoms with E-state index in [2.05, 4.69) is 68.3 Å². The highest BCUT2D eigenvalue weighted by Crippen LogP contribution is 2.46. The molecule has 1 aromatic carbocycles. The van der Waals surface area contributed by atoms with Crippen molar-refractivity contribution in [1.29, 1.82) is 0 Å². The molecule has 3 heterocycles. The van der Waals surface area contributed by atoms with Gasteiger partial charge in [0.25, 0.3) is 5.56 Å². The largest absolute Gasteiger partial charge is 0.337 e. The first-order valence-corrected chi connectivity index (χ1v) is 10.6. The standard InChI is InChI=1S/C23H28N6O/c1-28(2)13-14-7-9-15(10-8-14)20-19(22-24-11-12-29(22)3)21-18-16(23(30)27-26-21)5-4-6-17(18)25-20/h7-12,17,19-20,25H,4-6,13H2,1-3H3,(H,27,30)/t17?,19-,20-/m0/s1. The van der Waals surface area contributed by atoms with Crippen LogP contribution < -0.4 is 10.9 Å². The molecule has 0 spiro atoms. The average Bonchev–Trinajstić information content (AvgIpc) is 3.16. The molecule has 156 valence electrons. The van der Waals surface area contributed by atoms with Crippen LogP contribution in [0.2, 0.25) is 0 Å². The Balaban J connectivity index is 1.64. The van der Waals surface area contributed by atoms with Gasteiger partial charge in [-0.2, -0.15) is 5.10 Å². The van der Waals surface area contributed by atoms with E-state index in [1.54, 1.807) is 0 Å². The summed E-state index contributed by atoms with van der Waals surface area (Å²) in [7, 11) is 6.18. The minimum absolute atomic E-state index is 0.0429. The molecule has 5 rings (SSSR count). The van der Waals surface area contributed by atoms with Gasteiger partial charge in [-0.05, 0) is 44.5 Å². The van der Waals surface area contributed by atoms with Crippen molar-refractivity contribution in [2.45, 2.75) is 43.8 Å². The molecule has 0 saturated carbocycles. The van der Waals surface area contributed by atoms with E-state index in [9.17, 15) is 4.79 Å². The van der Waals surface area contributed by atoms with Crippen LogP contribution in [0.1, 0.15) is 64.6 Å². The number of aromatic nitrogens is 4. The summed E-state index contributed by atoms with van der Waals surface area (Å²) in [5.41, 5.74) is 5.41. The van der Waals surface area contributed by atoms with Crippen molar-refractivity contribution in [3.63, 3.8) is 0 Å². The predicted molar refractivity (Wildman–Crippen MR) is 115 cm³/mol. The van der Waals surface area contributed by atoms with E-state index in [0.29, 0.717) is 0 Å². The molecule has 2 aliphatic rings. The third kappa shape index (κ3) is 3.18. The van der Waals surface area contributed by atoms with Crippen LogP contribution in [0.4, 0.5) is 0 Å². The maximum absolute atomic E-state index is 12.5. The van der Waals surface area contributed by atoms with E-state index in [1.165, 1.54) is 11.1 Å². The normalized spacial score (nSPS) is 22.9. The molecule has 7 nitrogen and oxygen atoms in total. The molecule has 2 aromatic heterocycles. The quantitative estimate of drug-likeness (QED) is 0.698. The van der Waals surface area contributed by atoms with E-state index in [1.807, 2.05) is 19.4 Å². The van der Waals surface area contributed by atoms with E-state index in [4.69, 9.17) is 0 Å². The molecule has 1 aliphatic heterocycles. The van der Waals surface area contributed by atoms with Crippen LogP contribution >= 0.6 is 0 Å². The molecule has 3 aromatic rings. The highest BCUT2D eigenvalue weighted by Gasteiger charge is 2.42. The lowest BCUT2D eigenvalue weighted by Gasteiger charge is -2.41. The number of hydrogen-bond acceptors (Lipinski definition) is 5. The van der Waals surface area contributed by atoms with Gasteiger partial charge < -0.3 is 14.8 Å². The zero-order chi connectivity index (χ0) is 20.8. The van der Waals surface area contributed by atoms with Crippen LogP contribution in [0.5, 0.6) is 0 Å². The Kier molecular flexibility index (Phi) is 4.79. The Bertz CT molecular complexity index is 1110. The minimum Gasteiger partial charge on any atom is -0.337 e. The number of imidazole rings is 1. The first-order valence-electron chi connectivity index (χ1n) is 10.6. The van der Waals surface area contributed by atoms with Crippen molar-refractivity contribution in [3.05, 3.63) is 80.8 Å². The maximum Gasteiger partial charge on any atom is 0.267 e. The zero-order valence-electron chi connectivity index (χ0n) is 17.7. The summed E-state index contributed by atoms with van der Waals surface area (Å²) in [6.07, 6.45) is 6.65. The summed E-state index contributed by atoms with van der Waals surface area (Å²) < 4.78 is 2.06. The minimum atomic E-state index is -0.0651. The molecular formula is C23H28N6O. The number of rotatable bonds is 4. The Morgan fingerprint density at radius 1 is 1.23 bits per heavy atom. The van der Waals surface area contributed by atoms with Crippen LogP contribution in [0.15, 0.2) is 41.5 Å². The van der Waals surface area contributed by atoms with E-state index >= 15 is 0 Å². The van der Waals surface area contributed by atoms with Crippen LogP contribution in [0.3, 0.4) is 0 Å². The molecule has 0 bridgehead atoms. The van der Waals surface area contributed by atoms with Crippen molar-refractivity contribution >= 4 is 0 Å². The number of aromatic amines is 1. The number of aryl methyl sites for hydroxylation is 1. The summed E-state index contributed by atoms with van der Waals surface area (Å²) in [5, 5.41) is 11.2. The lowest BCUT2D eigenvalue weighted by molar-refractivity contribution is 0.328. The summed E-state index contributed by atoms with van der Waals surface area (Å²) in [4.78, 5) is 19.3. The molecule has 3 atom stereocenters. The molecule has 0 radical (unpaired) electrons. The highest BCUT2D eigenvalue weighted by atomic mass is 16.1. The lowest BCUT2D eigenvalue weighted by atomic mass is 9.76. The molecular weight excluding hydrogens is 376 g/mol. The second kappa shape index (κ2) is 7.49. The van der Waals surface area contributed by atoms with Crippen LogP contribution in [0, 0.1) is 0 Å². The summed E-state index contributed by atoms with van der Waals surface area (Å²) in [5.74, 6) is 0.889. The number of benzene rings is 1.